The van der Waals surface area contributed by atoms with Gasteiger partial charge in [-0.15, -0.1) is 0 Å². The molecule has 2 heterocycles. The lowest BCUT2D eigenvalue weighted by Crippen LogP contribution is -2.13. The zero-order valence-electron chi connectivity index (χ0n) is 7.79. The molecule has 6 heteroatoms. The molecule has 0 aliphatic carbocycles. The molecule has 4 N–H and O–H groups in total. The van der Waals surface area contributed by atoms with E-state index < -0.39 is 5.91 Å². The first-order valence-corrected chi connectivity index (χ1v) is 4.23. The Kier molecular flexibility index (Phi) is 2.09. The summed E-state index contributed by atoms with van der Waals surface area (Å²) in [5.74, 6) is -0.572. The van der Waals surface area contributed by atoms with E-state index >= 15 is 0 Å². The topological polar surface area (TPSA) is 99.8 Å². The van der Waals surface area contributed by atoms with Crippen LogP contribution in [0, 0.1) is 0 Å². The summed E-state index contributed by atoms with van der Waals surface area (Å²) in [6.45, 7) is 0. The standard InChI is InChI=1S/C9H9N5O/c10-6-4-13-14(5-6)7-1-2-12-8(3-7)9(11)15/h1-5H,10H2,(H2,11,15). The highest BCUT2D eigenvalue weighted by Gasteiger charge is 2.04. The largest absolute Gasteiger partial charge is 0.396 e. The van der Waals surface area contributed by atoms with Crippen LogP contribution in [0.1, 0.15) is 10.5 Å². The highest BCUT2D eigenvalue weighted by Crippen LogP contribution is 2.09. The zero-order valence-corrected chi connectivity index (χ0v) is 7.79. The van der Waals surface area contributed by atoms with E-state index in [-0.39, 0.29) is 5.69 Å². The molecule has 0 bridgehead atoms. The number of hydrogen-bond donors (Lipinski definition) is 2. The average Bonchev–Trinajstić information content (AvgIpc) is 2.65. The third kappa shape index (κ3) is 1.78. The number of pyridine rings is 1. The fourth-order valence-electron chi connectivity index (χ4n) is 1.17. The lowest BCUT2D eigenvalue weighted by Gasteiger charge is -2.01. The Morgan fingerprint density at radius 1 is 1.47 bits per heavy atom. The quantitative estimate of drug-likeness (QED) is 0.714. The molecule has 76 valence electrons. The first-order valence-electron chi connectivity index (χ1n) is 4.23. The number of primary amides is 1. The number of nitrogens with zero attached hydrogens (tertiary/aromatic N) is 3. The van der Waals surface area contributed by atoms with E-state index in [9.17, 15) is 4.79 Å². The van der Waals surface area contributed by atoms with E-state index in [0.29, 0.717) is 11.4 Å². The Hall–Kier alpha value is -2.37. The molecule has 15 heavy (non-hydrogen) atoms. The van der Waals surface area contributed by atoms with Crippen molar-refractivity contribution in [2.45, 2.75) is 0 Å². The third-order valence-electron chi connectivity index (χ3n) is 1.86. The van der Waals surface area contributed by atoms with Crippen LogP contribution in [-0.2, 0) is 0 Å². The number of carbonyl (C=O) groups excluding carboxylic acids is 1. The van der Waals surface area contributed by atoms with Crippen molar-refractivity contribution >= 4 is 11.6 Å². The number of nitrogens with two attached hydrogens (primary N) is 2. The zero-order chi connectivity index (χ0) is 10.8. The van der Waals surface area contributed by atoms with E-state index in [1.54, 1.807) is 23.0 Å². The van der Waals surface area contributed by atoms with Gasteiger partial charge in [-0.25, -0.2) is 4.68 Å². The highest BCUT2D eigenvalue weighted by atomic mass is 16.1. The molecule has 0 saturated heterocycles. The van der Waals surface area contributed by atoms with Gasteiger partial charge in [0.05, 0.1) is 23.8 Å². The first kappa shape index (κ1) is 9.20. The second-order valence-corrected chi connectivity index (χ2v) is 2.98. The van der Waals surface area contributed by atoms with E-state index in [1.807, 2.05) is 0 Å². The number of rotatable bonds is 2. The third-order valence-corrected chi connectivity index (χ3v) is 1.86. The number of carbonyl (C=O) groups is 1. The van der Waals surface area contributed by atoms with Gasteiger partial charge in [0, 0.05) is 6.20 Å². The molecule has 2 rings (SSSR count). The molecule has 1 amide bonds. The smallest absolute Gasteiger partial charge is 0.267 e. The van der Waals surface area contributed by atoms with Crippen molar-refractivity contribution in [2.24, 2.45) is 5.73 Å². The molecule has 0 aliphatic rings. The predicted molar refractivity (Wildman–Crippen MR) is 54.3 cm³/mol. The van der Waals surface area contributed by atoms with Gasteiger partial charge >= 0.3 is 0 Å². The summed E-state index contributed by atoms with van der Waals surface area (Å²) in [6.07, 6.45) is 4.65. The van der Waals surface area contributed by atoms with Crippen LogP contribution in [0.15, 0.2) is 30.7 Å². The van der Waals surface area contributed by atoms with Crippen LogP contribution in [0.2, 0.25) is 0 Å². The van der Waals surface area contributed by atoms with Crippen LogP contribution in [0.3, 0.4) is 0 Å². The van der Waals surface area contributed by atoms with Gasteiger partial charge in [-0.2, -0.15) is 5.10 Å². The van der Waals surface area contributed by atoms with Crippen molar-refractivity contribution in [3.05, 3.63) is 36.4 Å². The molecule has 0 unspecified atom stereocenters. The number of anilines is 1. The summed E-state index contributed by atoms with van der Waals surface area (Å²) in [6, 6.07) is 3.26. The summed E-state index contributed by atoms with van der Waals surface area (Å²) in [5.41, 5.74) is 12.1. The second-order valence-electron chi connectivity index (χ2n) is 2.98. The summed E-state index contributed by atoms with van der Waals surface area (Å²) in [4.78, 5) is 14.7. The van der Waals surface area contributed by atoms with Crippen molar-refractivity contribution in [3.63, 3.8) is 0 Å². The van der Waals surface area contributed by atoms with Gasteiger partial charge in [-0.3, -0.25) is 9.78 Å². The number of nitrogen functional groups attached to an aromatic ring is 1. The highest BCUT2D eigenvalue weighted by molar-refractivity contribution is 5.91. The minimum atomic E-state index is -0.572. The molecule has 0 aliphatic heterocycles. The van der Waals surface area contributed by atoms with Crippen LogP contribution < -0.4 is 11.5 Å². The number of amides is 1. The summed E-state index contributed by atoms with van der Waals surface area (Å²) in [5, 5.41) is 4.00. The van der Waals surface area contributed by atoms with Gasteiger partial charge in [0.2, 0.25) is 0 Å². The van der Waals surface area contributed by atoms with Gasteiger partial charge in [0.25, 0.3) is 5.91 Å². The van der Waals surface area contributed by atoms with Gasteiger partial charge in [-0.1, -0.05) is 0 Å². The van der Waals surface area contributed by atoms with Gasteiger partial charge in [0.1, 0.15) is 5.69 Å². The Labute approximate surface area is 85.5 Å². The maximum atomic E-state index is 10.9. The molecule has 0 fully saturated rings. The van der Waals surface area contributed by atoms with E-state index in [0.717, 1.165) is 0 Å². The number of aromatic nitrogens is 3. The Bertz CT molecular complexity index is 505. The average molecular weight is 203 g/mol. The molecule has 0 radical (unpaired) electrons. The lowest BCUT2D eigenvalue weighted by atomic mass is 10.3. The minimum Gasteiger partial charge on any atom is -0.396 e. The van der Waals surface area contributed by atoms with Gasteiger partial charge < -0.3 is 11.5 Å². The van der Waals surface area contributed by atoms with E-state index in [2.05, 4.69) is 10.1 Å². The Balaban J connectivity index is 2.45. The molecule has 2 aromatic rings. The summed E-state index contributed by atoms with van der Waals surface area (Å²) < 4.78 is 1.55. The van der Waals surface area contributed by atoms with Crippen LogP contribution in [0.5, 0.6) is 0 Å². The second kappa shape index (κ2) is 3.41. The maximum Gasteiger partial charge on any atom is 0.267 e. The first-order chi connectivity index (χ1) is 7.16. The van der Waals surface area contributed by atoms with Crippen LogP contribution in [0.4, 0.5) is 5.69 Å². The molecule has 0 atom stereocenters. The molecule has 0 saturated carbocycles. The van der Waals surface area contributed by atoms with Crippen molar-refractivity contribution < 1.29 is 4.79 Å². The summed E-state index contributed by atoms with van der Waals surface area (Å²) in [7, 11) is 0. The molecular formula is C9H9N5O. The van der Waals surface area contributed by atoms with Crippen molar-refractivity contribution in [1.82, 2.24) is 14.8 Å². The molecule has 2 aromatic heterocycles. The Morgan fingerprint density at radius 2 is 2.27 bits per heavy atom. The monoisotopic (exact) mass is 203 g/mol. The van der Waals surface area contributed by atoms with Gasteiger partial charge in [0.15, 0.2) is 0 Å². The SMILES string of the molecule is NC(=O)c1cc(-n2cc(N)cn2)ccn1. The maximum absolute atomic E-state index is 10.9. The minimum absolute atomic E-state index is 0.196. The predicted octanol–water partition coefficient (Wildman–Crippen LogP) is -0.0516. The Morgan fingerprint density at radius 3 is 2.87 bits per heavy atom. The number of hydrogen-bond acceptors (Lipinski definition) is 4. The molecular weight excluding hydrogens is 194 g/mol. The van der Waals surface area contributed by atoms with Crippen molar-refractivity contribution in [1.29, 1.82) is 0 Å². The normalized spacial score (nSPS) is 10.1. The van der Waals surface area contributed by atoms with E-state index in [4.69, 9.17) is 11.5 Å². The van der Waals surface area contributed by atoms with Crippen molar-refractivity contribution in [2.75, 3.05) is 5.73 Å². The molecule has 0 spiro atoms. The summed E-state index contributed by atoms with van der Waals surface area (Å²) >= 11 is 0. The molecule has 6 nitrogen and oxygen atoms in total. The van der Waals surface area contributed by atoms with Crippen LogP contribution in [0.25, 0.3) is 5.69 Å². The van der Waals surface area contributed by atoms with E-state index in [1.165, 1.54) is 12.4 Å². The fraction of sp³-hybridized carbons (Fsp3) is 0. The van der Waals surface area contributed by atoms with Crippen LogP contribution in [-0.4, -0.2) is 20.7 Å². The van der Waals surface area contributed by atoms with Gasteiger partial charge in [-0.05, 0) is 12.1 Å². The van der Waals surface area contributed by atoms with Crippen molar-refractivity contribution in [3.8, 4) is 5.69 Å². The fourth-order valence-corrected chi connectivity index (χ4v) is 1.17. The lowest BCUT2D eigenvalue weighted by molar-refractivity contribution is 0.0995. The molecule has 0 aromatic carbocycles. The van der Waals surface area contributed by atoms with Crippen LogP contribution >= 0.6 is 0 Å².